The molecule has 1 amide bonds. The first kappa shape index (κ1) is 12.9. The maximum atomic E-state index is 11.6. The molecule has 0 saturated carbocycles. The molecule has 1 aliphatic rings. The summed E-state index contributed by atoms with van der Waals surface area (Å²) in [5, 5.41) is 2.88. The van der Waals surface area contributed by atoms with E-state index in [2.05, 4.69) is 17.1 Å². The predicted molar refractivity (Wildman–Crippen MR) is 70.0 cm³/mol. The molecule has 0 bridgehead atoms. The van der Waals surface area contributed by atoms with Crippen LogP contribution in [0.15, 0.2) is 30.3 Å². The van der Waals surface area contributed by atoms with E-state index in [4.69, 9.17) is 4.74 Å². The molecule has 1 aromatic carbocycles. The maximum Gasteiger partial charge on any atom is 0.407 e. The molecule has 1 aromatic rings. The van der Waals surface area contributed by atoms with Gasteiger partial charge in [0.25, 0.3) is 0 Å². The largest absolute Gasteiger partial charge is 0.445 e. The van der Waals surface area contributed by atoms with Gasteiger partial charge in [-0.1, -0.05) is 30.3 Å². The highest BCUT2D eigenvalue weighted by Crippen LogP contribution is 2.08. The fourth-order valence-electron chi connectivity index (χ4n) is 2.09. The average Bonchev–Trinajstić information content (AvgIpc) is 2.85. The van der Waals surface area contributed by atoms with E-state index in [1.54, 1.807) is 0 Å². The Balaban J connectivity index is 1.70. The summed E-state index contributed by atoms with van der Waals surface area (Å²) in [4.78, 5) is 13.8. The van der Waals surface area contributed by atoms with Gasteiger partial charge in [0.15, 0.2) is 0 Å². The van der Waals surface area contributed by atoms with Crippen molar-refractivity contribution in [1.82, 2.24) is 10.2 Å². The number of hydrogen-bond acceptors (Lipinski definition) is 3. The molecule has 1 atom stereocenters. The SMILES string of the molecule is [CH2]CN1CC[C@@H](NC(=O)OCc2ccccc2)C1. The summed E-state index contributed by atoms with van der Waals surface area (Å²) in [5.74, 6) is 0. The summed E-state index contributed by atoms with van der Waals surface area (Å²) in [6.45, 7) is 6.80. The molecule has 1 heterocycles. The van der Waals surface area contributed by atoms with Crippen LogP contribution >= 0.6 is 0 Å². The van der Waals surface area contributed by atoms with E-state index in [1.165, 1.54) is 0 Å². The Kier molecular flexibility index (Phi) is 4.59. The third-order valence-corrected chi connectivity index (χ3v) is 3.12. The van der Waals surface area contributed by atoms with Crippen LogP contribution in [0, 0.1) is 6.92 Å². The molecule has 0 spiro atoms. The van der Waals surface area contributed by atoms with Crippen LogP contribution in [-0.2, 0) is 11.3 Å². The molecule has 0 aromatic heterocycles. The van der Waals surface area contributed by atoms with Crippen LogP contribution in [0.3, 0.4) is 0 Å². The minimum atomic E-state index is -0.338. The van der Waals surface area contributed by atoms with Gasteiger partial charge < -0.3 is 15.0 Å². The van der Waals surface area contributed by atoms with E-state index in [-0.39, 0.29) is 12.1 Å². The average molecular weight is 247 g/mol. The number of likely N-dealkylation sites (tertiary alicyclic amines) is 1. The van der Waals surface area contributed by atoms with Gasteiger partial charge in [-0.25, -0.2) is 4.79 Å². The number of benzene rings is 1. The zero-order chi connectivity index (χ0) is 12.8. The Hall–Kier alpha value is -1.55. The fourth-order valence-corrected chi connectivity index (χ4v) is 2.09. The molecule has 1 fully saturated rings. The van der Waals surface area contributed by atoms with E-state index < -0.39 is 0 Å². The second-order valence-electron chi connectivity index (χ2n) is 4.49. The van der Waals surface area contributed by atoms with Crippen LogP contribution in [-0.4, -0.2) is 36.7 Å². The molecule has 1 N–H and O–H groups in total. The molecule has 97 valence electrons. The lowest BCUT2D eigenvalue weighted by Gasteiger charge is -2.14. The number of carbonyl (C=O) groups is 1. The van der Waals surface area contributed by atoms with E-state index in [0.29, 0.717) is 6.61 Å². The van der Waals surface area contributed by atoms with Crippen molar-refractivity contribution in [2.45, 2.75) is 19.1 Å². The van der Waals surface area contributed by atoms with Crippen LogP contribution in [0.4, 0.5) is 4.79 Å². The van der Waals surface area contributed by atoms with Crippen molar-refractivity contribution in [3.05, 3.63) is 42.8 Å². The maximum absolute atomic E-state index is 11.6. The second kappa shape index (κ2) is 6.40. The third-order valence-electron chi connectivity index (χ3n) is 3.12. The molecule has 4 heteroatoms. The smallest absolute Gasteiger partial charge is 0.407 e. The Morgan fingerprint density at radius 1 is 1.44 bits per heavy atom. The lowest BCUT2D eigenvalue weighted by molar-refractivity contribution is 0.136. The molecule has 2 rings (SSSR count). The highest BCUT2D eigenvalue weighted by Gasteiger charge is 2.22. The zero-order valence-corrected chi connectivity index (χ0v) is 10.5. The van der Waals surface area contributed by atoms with E-state index in [0.717, 1.165) is 31.6 Å². The second-order valence-corrected chi connectivity index (χ2v) is 4.49. The number of rotatable bonds is 4. The number of amides is 1. The quantitative estimate of drug-likeness (QED) is 0.882. The standard InChI is InChI=1S/C14H19N2O2/c1-2-16-9-8-13(10-16)15-14(17)18-11-12-6-4-3-5-7-12/h3-7,13H,1-2,8-11H2,(H,15,17)/t13-/m1/s1. The molecule has 0 aliphatic carbocycles. The number of nitrogens with one attached hydrogen (secondary N) is 1. The van der Waals surface area contributed by atoms with Crippen molar-refractivity contribution in [1.29, 1.82) is 0 Å². The molecule has 4 nitrogen and oxygen atoms in total. The van der Waals surface area contributed by atoms with Gasteiger partial charge in [-0.3, -0.25) is 0 Å². The van der Waals surface area contributed by atoms with Gasteiger partial charge in [-0.15, -0.1) is 0 Å². The zero-order valence-electron chi connectivity index (χ0n) is 10.5. The van der Waals surface area contributed by atoms with Crippen molar-refractivity contribution >= 4 is 6.09 Å². The van der Waals surface area contributed by atoms with Crippen LogP contribution in [0.2, 0.25) is 0 Å². The highest BCUT2D eigenvalue weighted by atomic mass is 16.5. The van der Waals surface area contributed by atoms with E-state index in [1.807, 2.05) is 30.3 Å². The van der Waals surface area contributed by atoms with Gasteiger partial charge in [0.2, 0.25) is 0 Å². The monoisotopic (exact) mass is 247 g/mol. The first-order chi connectivity index (χ1) is 8.78. The van der Waals surface area contributed by atoms with Crippen molar-refractivity contribution in [2.75, 3.05) is 19.6 Å². The first-order valence-corrected chi connectivity index (χ1v) is 6.27. The van der Waals surface area contributed by atoms with Crippen molar-refractivity contribution in [3.63, 3.8) is 0 Å². The summed E-state index contributed by atoms with van der Waals surface area (Å²) >= 11 is 0. The minimum Gasteiger partial charge on any atom is -0.445 e. The van der Waals surface area contributed by atoms with Crippen LogP contribution in [0.25, 0.3) is 0 Å². The van der Waals surface area contributed by atoms with Gasteiger partial charge in [0.1, 0.15) is 6.61 Å². The van der Waals surface area contributed by atoms with Crippen LogP contribution in [0.1, 0.15) is 12.0 Å². The topological polar surface area (TPSA) is 41.6 Å². The first-order valence-electron chi connectivity index (χ1n) is 6.27. The summed E-state index contributed by atoms with van der Waals surface area (Å²) < 4.78 is 5.17. The molecule has 1 radical (unpaired) electrons. The Labute approximate surface area is 108 Å². The summed E-state index contributed by atoms with van der Waals surface area (Å²) in [6.07, 6.45) is 0.630. The summed E-state index contributed by atoms with van der Waals surface area (Å²) in [7, 11) is 0. The lowest BCUT2D eigenvalue weighted by atomic mass is 10.2. The van der Waals surface area contributed by atoms with E-state index in [9.17, 15) is 4.79 Å². The Bertz CT molecular complexity index is 381. The molecule has 1 saturated heterocycles. The highest BCUT2D eigenvalue weighted by molar-refractivity contribution is 5.67. The fraction of sp³-hybridized carbons (Fsp3) is 0.429. The lowest BCUT2D eigenvalue weighted by Crippen LogP contribution is -2.37. The van der Waals surface area contributed by atoms with Crippen LogP contribution < -0.4 is 5.32 Å². The number of nitrogens with zero attached hydrogens (tertiary/aromatic N) is 1. The van der Waals surface area contributed by atoms with Crippen molar-refractivity contribution in [3.8, 4) is 0 Å². The molecule has 0 unspecified atom stereocenters. The number of ether oxygens (including phenoxy) is 1. The number of alkyl carbamates (subject to hydrolysis) is 1. The van der Waals surface area contributed by atoms with Gasteiger partial charge >= 0.3 is 6.09 Å². The van der Waals surface area contributed by atoms with Crippen LogP contribution in [0.5, 0.6) is 0 Å². The third kappa shape index (κ3) is 3.74. The summed E-state index contributed by atoms with van der Waals surface area (Å²) in [5.41, 5.74) is 0.999. The number of hydrogen-bond donors (Lipinski definition) is 1. The Morgan fingerprint density at radius 2 is 2.22 bits per heavy atom. The normalized spacial score (nSPS) is 19.7. The van der Waals surface area contributed by atoms with Crippen molar-refractivity contribution < 1.29 is 9.53 Å². The molecule has 18 heavy (non-hydrogen) atoms. The van der Waals surface area contributed by atoms with Gasteiger partial charge in [0.05, 0.1) is 0 Å². The van der Waals surface area contributed by atoms with Crippen molar-refractivity contribution in [2.24, 2.45) is 0 Å². The molecular formula is C14H19N2O2. The predicted octanol–water partition coefficient (Wildman–Crippen LogP) is 1.82. The van der Waals surface area contributed by atoms with Gasteiger partial charge in [-0.2, -0.15) is 0 Å². The van der Waals surface area contributed by atoms with E-state index >= 15 is 0 Å². The Morgan fingerprint density at radius 3 is 2.89 bits per heavy atom. The minimum absolute atomic E-state index is 0.190. The van der Waals surface area contributed by atoms with Gasteiger partial charge in [-0.05, 0) is 25.5 Å². The summed E-state index contributed by atoms with van der Waals surface area (Å²) in [6, 6.07) is 9.87. The van der Waals surface area contributed by atoms with Gasteiger partial charge in [0, 0.05) is 19.1 Å². The molecular weight excluding hydrogens is 228 g/mol. The molecule has 1 aliphatic heterocycles. The number of carbonyl (C=O) groups excluding carboxylic acids is 1.